The van der Waals surface area contributed by atoms with Gasteiger partial charge in [-0.05, 0) is 36.2 Å². The number of hydrogen-bond acceptors (Lipinski definition) is 4. The molecule has 0 saturated carbocycles. The molecule has 1 amide bonds. The van der Waals surface area contributed by atoms with Gasteiger partial charge in [-0.15, -0.1) is 10.2 Å². The van der Waals surface area contributed by atoms with Gasteiger partial charge in [-0.3, -0.25) is 4.79 Å². The summed E-state index contributed by atoms with van der Waals surface area (Å²) in [6, 6.07) is 26.1. The molecule has 0 radical (unpaired) electrons. The van der Waals surface area contributed by atoms with Crippen molar-refractivity contribution in [2.24, 2.45) is 0 Å². The van der Waals surface area contributed by atoms with Gasteiger partial charge in [0.2, 0.25) is 11.8 Å². The van der Waals surface area contributed by atoms with E-state index in [2.05, 4.69) is 15.5 Å². The summed E-state index contributed by atoms with van der Waals surface area (Å²) < 4.78 is 5.92. The van der Waals surface area contributed by atoms with Crippen LogP contribution in [-0.4, -0.2) is 16.1 Å². The summed E-state index contributed by atoms with van der Waals surface area (Å²) in [5.41, 5.74) is 3.22. The zero-order valence-electron chi connectivity index (χ0n) is 15.4. The van der Waals surface area contributed by atoms with Crippen molar-refractivity contribution < 1.29 is 9.21 Å². The highest BCUT2D eigenvalue weighted by Gasteiger charge is 2.24. The van der Waals surface area contributed by atoms with E-state index in [-0.39, 0.29) is 5.91 Å². The molecule has 1 atom stereocenters. The van der Waals surface area contributed by atoms with Crippen LogP contribution in [0.5, 0.6) is 0 Å². The average molecular weight is 369 g/mol. The van der Waals surface area contributed by atoms with E-state index in [4.69, 9.17) is 4.42 Å². The van der Waals surface area contributed by atoms with Crippen LogP contribution in [0.25, 0.3) is 11.5 Å². The Hall–Kier alpha value is -3.73. The van der Waals surface area contributed by atoms with Gasteiger partial charge in [-0.2, -0.15) is 0 Å². The average Bonchev–Trinajstić information content (AvgIpc) is 3.23. The molecule has 0 saturated heterocycles. The molecule has 0 aliphatic heterocycles. The van der Waals surface area contributed by atoms with Crippen LogP contribution in [0.1, 0.15) is 33.4 Å². The van der Waals surface area contributed by atoms with Crippen LogP contribution in [0.15, 0.2) is 89.3 Å². The Bertz CT molecular complexity index is 1080. The van der Waals surface area contributed by atoms with Gasteiger partial charge >= 0.3 is 0 Å². The Morgan fingerprint density at radius 2 is 1.50 bits per heavy atom. The Balaban J connectivity index is 1.68. The van der Waals surface area contributed by atoms with Crippen molar-refractivity contribution in [3.63, 3.8) is 0 Å². The molecule has 138 valence electrons. The molecule has 1 aromatic heterocycles. The molecule has 5 heteroatoms. The quantitative estimate of drug-likeness (QED) is 0.560. The summed E-state index contributed by atoms with van der Waals surface area (Å²) in [5, 5.41) is 11.4. The molecule has 3 aromatic carbocycles. The van der Waals surface area contributed by atoms with E-state index in [1.165, 1.54) is 0 Å². The van der Waals surface area contributed by atoms with Crippen molar-refractivity contribution in [2.75, 3.05) is 0 Å². The highest BCUT2D eigenvalue weighted by Crippen LogP contribution is 2.25. The number of carbonyl (C=O) groups is 1. The van der Waals surface area contributed by atoms with Crippen molar-refractivity contribution >= 4 is 5.91 Å². The maximum atomic E-state index is 12.9. The summed E-state index contributed by atoms with van der Waals surface area (Å²) in [5.74, 6) is 0.570. The maximum absolute atomic E-state index is 12.9. The van der Waals surface area contributed by atoms with Gasteiger partial charge in [-0.25, -0.2) is 0 Å². The molecule has 0 bridgehead atoms. The van der Waals surface area contributed by atoms with Gasteiger partial charge in [0.05, 0.1) is 0 Å². The number of aromatic nitrogens is 2. The Morgan fingerprint density at radius 1 is 0.857 bits per heavy atom. The van der Waals surface area contributed by atoms with Crippen LogP contribution >= 0.6 is 0 Å². The first-order chi connectivity index (χ1) is 13.7. The summed E-state index contributed by atoms with van der Waals surface area (Å²) in [7, 11) is 0. The second-order valence-corrected chi connectivity index (χ2v) is 6.44. The molecule has 4 aromatic rings. The van der Waals surface area contributed by atoms with E-state index in [9.17, 15) is 4.79 Å². The normalized spacial score (nSPS) is 11.8. The van der Waals surface area contributed by atoms with E-state index < -0.39 is 6.04 Å². The minimum Gasteiger partial charge on any atom is -0.418 e. The lowest BCUT2D eigenvalue weighted by Gasteiger charge is -2.16. The summed E-state index contributed by atoms with van der Waals surface area (Å²) in [6.07, 6.45) is 0. The van der Waals surface area contributed by atoms with Gasteiger partial charge in [0.1, 0.15) is 6.04 Å². The molecular formula is C23H19N3O2. The first-order valence-electron chi connectivity index (χ1n) is 9.02. The largest absolute Gasteiger partial charge is 0.418 e. The first kappa shape index (κ1) is 17.7. The van der Waals surface area contributed by atoms with Crippen molar-refractivity contribution in [3.8, 4) is 11.5 Å². The van der Waals surface area contributed by atoms with Crippen LogP contribution in [0.3, 0.4) is 0 Å². The smallest absolute Gasteiger partial charge is 0.252 e. The van der Waals surface area contributed by atoms with Gasteiger partial charge in [0.15, 0.2) is 0 Å². The fourth-order valence-electron chi connectivity index (χ4n) is 3.02. The van der Waals surface area contributed by atoms with E-state index in [1.54, 1.807) is 6.07 Å². The Kier molecular flexibility index (Phi) is 4.97. The van der Waals surface area contributed by atoms with Crippen molar-refractivity contribution in [2.45, 2.75) is 13.0 Å². The monoisotopic (exact) mass is 369 g/mol. The van der Waals surface area contributed by atoms with E-state index >= 15 is 0 Å². The SMILES string of the molecule is Cc1ccccc1C(=O)N[C@H](c1ccccc1)c1nnc(-c2ccccc2)o1. The number of aryl methyl sites for hydroxylation is 1. The predicted octanol–water partition coefficient (Wildman–Crippen LogP) is 4.56. The zero-order chi connectivity index (χ0) is 19.3. The summed E-state index contributed by atoms with van der Waals surface area (Å²) in [4.78, 5) is 12.9. The van der Waals surface area contributed by atoms with Crippen LogP contribution in [0, 0.1) is 6.92 Å². The molecule has 4 rings (SSSR count). The third kappa shape index (κ3) is 3.69. The predicted molar refractivity (Wildman–Crippen MR) is 107 cm³/mol. The second kappa shape index (κ2) is 7.88. The molecular weight excluding hydrogens is 350 g/mol. The molecule has 0 aliphatic carbocycles. The zero-order valence-corrected chi connectivity index (χ0v) is 15.4. The van der Waals surface area contributed by atoms with Gasteiger partial charge in [0.25, 0.3) is 5.91 Å². The van der Waals surface area contributed by atoms with E-state index in [0.717, 1.165) is 16.7 Å². The third-order valence-corrected chi connectivity index (χ3v) is 4.51. The molecule has 0 unspecified atom stereocenters. The van der Waals surface area contributed by atoms with Crippen LogP contribution in [0.2, 0.25) is 0 Å². The number of nitrogens with one attached hydrogen (secondary N) is 1. The lowest BCUT2D eigenvalue weighted by molar-refractivity contribution is 0.0937. The number of hydrogen-bond donors (Lipinski definition) is 1. The number of amides is 1. The van der Waals surface area contributed by atoms with Crippen molar-refractivity contribution in [1.29, 1.82) is 0 Å². The summed E-state index contributed by atoms with van der Waals surface area (Å²) >= 11 is 0. The fourth-order valence-corrected chi connectivity index (χ4v) is 3.02. The van der Waals surface area contributed by atoms with Gasteiger partial charge in [-0.1, -0.05) is 66.7 Å². The molecule has 0 fully saturated rings. The topological polar surface area (TPSA) is 68.0 Å². The highest BCUT2D eigenvalue weighted by atomic mass is 16.4. The third-order valence-electron chi connectivity index (χ3n) is 4.51. The lowest BCUT2D eigenvalue weighted by atomic mass is 10.0. The maximum Gasteiger partial charge on any atom is 0.252 e. The van der Waals surface area contributed by atoms with Crippen LogP contribution in [-0.2, 0) is 0 Å². The van der Waals surface area contributed by atoms with Crippen molar-refractivity contribution in [1.82, 2.24) is 15.5 Å². The Morgan fingerprint density at radius 3 is 2.21 bits per heavy atom. The van der Waals surface area contributed by atoms with Gasteiger partial charge in [0, 0.05) is 11.1 Å². The molecule has 5 nitrogen and oxygen atoms in total. The molecule has 1 heterocycles. The minimum atomic E-state index is -0.543. The lowest BCUT2D eigenvalue weighted by Crippen LogP contribution is -2.30. The van der Waals surface area contributed by atoms with E-state index in [0.29, 0.717) is 17.3 Å². The van der Waals surface area contributed by atoms with Gasteiger partial charge < -0.3 is 9.73 Å². The van der Waals surface area contributed by atoms with Crippen LogP contribution in [0.4, 0.5) is 0 Å². The molecule has 1 N–H and O–H groups in total. The van der Waals surface area contributed by atoms with Crippen LogP contribution < -0.4 is 5.32 Å². The Labute approximate surface area is 163 Å². The minimum absolute atomic E-state index is 0.189. The number of rotatable bonds is 5. The number of carbonyl (C=O) groups excluding carboxylic acids is 1. The number of benzene rings is 3. The first-order valence-corrected chi connectivity index (χ1v) is 9.02. The molecule has 0 spiro atoms. The molecule has 28 heavy (non-hydrogen) atoms. The standard InChI is InChI=1S/C23H19N3O2/c1-16-10-8-9-15-19(16)21(27)24-20(17-11-4-2-5-12-17)23-26-25-22(28-23)18-13-6-3-7-14-18/h2-15,20H,1H3,(H,24,27)/t20-/m1/s1. The second-order valence-electron chi connectivity index (χ2n) is 6.44. The summed E-state index contributed by atoms with van der Waals surface area (Å²) in [6.45, 7) is 1.91. The molecule has 0 aliphatic rings. The van der Waals surface area contributed by atoms with E-state index in [1.807, 2.05) is 85.8 Å². The van der Waals surface area contributed by atoms with Crippen molar-refractivity contribution in [3.05, 3.63) is 108 Å². The fraction of sp³-hybridized carbons (Fsp3) is 0.0870. The highest BCUT2D eigenvalue weighted by molar-refractivity contribution is 5.96. The number of nitrogens with zero attached hydrogens (tertiary/aromatic N) is 2.